The number of hydrogen-bond acceptors (Lipinski definition) is 2. The summed E-state index contributed by atoms with van der Waals surface area (Å²) in [6.07, 6.45) is 3.96. The van der Waals surface area contributed by atoms with Crippen LogP contribution in [-0.4, -0.2) is 14.7 Å². The first-order chi connectivity index (χ1) is 16.3. The van der Waals surface area contributed by atoms with Gasteiger partial charge in [-0.3, -0.25) is 4.98 Å². The van der Waals surface area contributed by atoms with Gasteiger partial charge in [-0.25, -0.2) is 0 Å². The molecule has 0 bridgehead atoms. The van der Waals surface area contributed by atoms with Crippen molar-refractivity contribution in [2.75, 3.05) is 4.90 Å². The molecular formula is C28H22N4S. The van der Waals surface area contributed by atoms with Crippen molar-refractivity contribution < 1.29 is 0 Å². The van der Waals surface area contributed by atoms with Gasteiger partial charge in [0.05, 0.1) is 11.7 Å². The SMILES string of the molecule is S=C1N[C@H](c2ccccn2)[C@H](c2cccn2-c2ccc3ccccc3c2)N1c1ccccc1. The van der Waals surface area contributed by atoms with E-state index in [0.717, 1.165) is 22.8 Å². The van der Waals surface area contributed by atoms with Crippen LogP contribution in [0.2, 0.25) is 0 Å². The molecule has 33 heavy (non-hydrogen) atoms. The fourth-order valence-electron chi connectivity index (χ4n) is 4.72. The molecule has 3 heterocycles. The van der Waals surface area contributed by atoms with Gasteiger partial charge >= 0.3 is 0 Å². The van der Waals surface area contributed by atoms with Gasteiger partial charge < -0.3 is 14.8 Å². The maximum atomic E-state index is 5.85. The summed E-state index contributed by atoms with van der Waals surface area (Å²) in [5, 5.41) is 6.70. The zero-order valence-corrected chi connectivity index (χ0v) is 18.7. The lowest BCUT2D eigenvalue weighted by atomic mass is 10.0. The molecule has 1 fully saturated rings. The Labute approximate surface area is 198 Å². The molecule has 5 aromatic rings. The highest BCUT2D eigenvalue weighted by Gasteiger charge is 2.42. The summed E-state index contributed by atoms with van der Waals surface area (Å²) in [6, 6.07) is 35.5. The Hall–Kier alpha value is -3.96. The van der Waals surface area contributed by atoms with Crippen molar-refractivity contribution in [2.45, 2.75) is 12.1 Å². The largest absolute Gasteiger partial charge is 0.351 e. The topological polar surface area (TPSA) is 33.1 Å². The average Bonchev–Trinajstić information content (AvgIpc) is 3.49. The van der Waals surface area contributed by atoms with Crippen LogP contribution in [0.25, 0.3) is 16.5 Å². The summed E-state index contributed by atoms with van der Waals surface area (Å²) in [5.74, 6) is 0. The van der Waals surface area contributed by atoms with Crippen LogP contribution < -0.4 is 10.2 Å². The van der Waals surface area contributed by atoms with Gasteiger partial charge in [0.15, 0.2) is 5.11 Å². The number of anilines is 1. The monoisotopic (exact) mass is 446 g/mol. The molecule has 5 heteroatoms. The van der Waals surface area contributed by atoms with Crippen LogP contribution in [0.5, 0.6) is 0 Å². The third-order valence-corrected chi connectivity index (χ3v) is 6.54. The second-order valence-corrected chi connectivity index (χ2v) is 8.55. The normalized spacial score (nSPS) is 17.9. The summed E-state index contributed by atoms with van der Waals surface area (Å²) >= 11 is 5.85. The Morgan fingerprint density at radius 1 is 0.727 bits per heavy atom. The van der Waals surface area contributed by atoms with Crippen molar-refractivity contribution in [3.63, 3.8) is 0 Å². The number of hydrogen-bond donors (Lipinski definition) is 1. The van der Waals surface area contributed by atoms with E-state index in [1.807, 2.05) is 36.5 Å². The Morgan fingerprint density at radius 2 is 1.52 bits per heavy atom. The van der Waals surface area contributed by atoms with E-state index < -0.39 is 0 Å². The van der Waals surface area contributed by atoms with Crippen molar-refractivity contribution in [3.8, 4) is 5.69 Å². The van der Waals surface area contributed by atoms with Crippen LogP contribution in [0.3, 0.4) is 0 Å². The van der Waals surface area contributed by atoms with Crippen molar-refractivity contribution >= 4 is 33.8 Å². The van der Waals surface area contributed by atoms with Gasteiger partial charge in [0.1, 0.15) is 6.04 Å². The summed E-state index contributed by atoms with van der Waals surface area (Å²) < 4.78 is 2.26. The van der Waals surface area contributed by atoms with Crippen LogP contribution >= 0.6 is 12.2 Å². The molecule has 1 saturated heterocycles. The number of fused-ring (bicyclic) bond motifs is 1. The molecule has 6 rings (SSSR count). The smallest absolute Gasteiger partial charge is 0.174 e. The van der Waals surface area contributed by atoms with E-state index >= 15 is 0 Å². The average molecular weight is 447 g/mol. The standard InChI is InChI=1S/C28H22N4S/c33-28-30-26(24-13-6-7-17-29-24)27(32(28)22-11-2-1-3-12-22)25-14-8-18-31(25)23-16-15-20-9-4-5-10-21(20)19-23/h1-19,26-27H,(H,30,33)/t26-,27+/m1/s1. The van der Waals surface area contributed by atoms with Gasteiger partial charge in [0, 0.05) is 29.5 Å². The summed E-state index contributed by atoms with van der Waals surface area (Å²) in [4.78, 5) is 6.88. The van der Waals surface area contributed by atoms with E-state index in [1.165, 1.54) is 10.8 Å². The first kappa shape index (κ1) is 19.7. The number of pyridine rings is 1. The number of thiocarbonyl (C=S) groups is 1. The highest BCUT2D eigenvalue weighted by molar-refractivity contribution is 7.80. The summed E-state index contributed by atoms with van der Waals surface area (Å²) in [6.45, 7) is 0. The minimum Gasteiger partial charge on any atom is -0.351 e. The highest BCUT2D eigenvalue weighted by Crippen LogP contribution is 2.42. The lowest BCUT2D eigenvalue weighted by molar-refractivity contribution is 0.549. The van der Waals surface area contributed by atoms with Gasteiger partial charge in [-0.15, -0.1) is 0 Å². The molecule has 0 spiro atoms. The number of rotatable bonds is 4. The van der Waals surface area contributed by atoms with Crippen LogP contribution in [0.15, 0.2) is 116 Å². The van der Waals surface area contributed by atoms with Crippen LogP contribution in [0, 0.1) is 0 Å². The molecule has 0 saturated carbocycles. The fraction of sp³-hybridized carbons (Fsp3) is 0.0714. The van der Waals surface area contributed by atoms with Gasteiger partial charge in [-0.2, -0.15) is 0 Å². The predicted molar refractivity (Wildman–Crippen MR) is 138 cm³/mol. The molecule has 0 unspecified atom stereocenters. The lowest BCUT2D eigenvalue weighted by Crippen LogP contribution is -2.30. The first-order valence-electron chi connectivity index (χ1n) is 11.0. The van der Waals surface area contributed by atoms with Crippen molar-refractivity contribution in [2.24, 2.45) is 0 Å². The van der Waals surface area contributed by atoms with E-state index in [9.17, 15) is 0 Å². The van der Waals surface area contributed by atoms with E-state index in [-0.39, 0.29) is 12.1 Å². The van der Waals surface area contributed by atoms with Gasteiger partial charge in [-0.05, 0) is 71.5 Å². The van der Waals surface area contributed by atoms with E-state index in [2.05, 4.69) is 98.8 Å². The van der Waals surface area contributed by atoms with Crippen LogP contribution in [0.1, 0.15) is 23.5 Å². The maximum absolute atomic E-state index is 5.85. The molecule has 4 nitrogen and oxygen atoms in total. The molecule has 2 atom stereocenters. The summed E-state index contributed by atoms with van der Waals surface area (Å²) in [7, 11) is 0. The highest BCUT2D eigenvalue weighted by atomic mass is 32.1. The molecule has 1 aliphatic heterocycles. The Balaban J connectivity index is 1.51. The quantitative estimate of drug-likeness (QED) is 0.333. The predicted octanol–water partition coefficient (Wildman–Crippen LogP) is 6.20. The minimum absolute atomic E-state index is 0.0590. The number of nitrogens with zero attached hydrogens (tertiary/aromatic N) is 3. The molecule has 160 valence electrons. The molecule has 0 radical (unpaired) electrons. The lowest BCUT2D eigenvalue weighted by Gasteiger charge is -2.29. The maximum Gasteiger partial charge on any atom is 0.174 e. The second-order valence-electron chi connectivity index (χ2n) is 8.17. The number of nitrogens with one attached hydrogen (secondary N) is 1. The zero-order valence-electron chi connectivity index (χ0n) is 17.9. The van der Waals surface area contributed by atoms with Crippen molar-refractivity contribution in [1.82, 2.24) is 14.9 Å². The minimum atomic E-state index is -0.0759. The Bertz CT molecular complexity index is 1430. The second kappa shape index (κ2) is 8.19. The van der Waals surface area contributed by atoms with E-state index in [4.69, 9.17) is 12.2 Å². The Kier molecular flexibility index (Phi) is 4.89. The zero-order chi connectivity index (χ0) is 22.2. The van der Waals surface area contributed by atoms with Crippen LogP contribution in [-0.2, 0) is 0 Å². The van der Waals surface area contributed by atoms with Crippen molar-refractivity contribution in [1.29, 1.82) is 0 Å². The fourth-order valence-corrected chi connectivity index (χ4v) is 5.06. The Morgan fingerprint density at radius 3 is 2.33 bits per heavy atom. The molecule has 0 aliphatic carbocycles. The third-order valence-electron chi connectivity index (χ3n) is 6.23. The van der Waals surface area contributed by atoms with E-state index in [1.54, 1.807) is 0 Å². The number of aromatic nitrogens is 2. The molecule has 1 N–H and O–H groups in total. The first-order valence-corrected chi connectivity index (χ1v) is 11.4. The molecule has 1 aliphatic rings. The summed E-state index contributed by atoms with van der Waals surface area (Å²) in [5.41, 5.74) is 4.30. The molecule has 0 amide bonds. The van der Waals surface area contributed by atoms with Gasteiger partial charge in [0.2, 0.25) is 0 Å². The van der Waals surface area contributed by atoms with Gasteiger partial charge in [-0.1, -0.05) is 54.6 Å². The van der Waals surface area contributed by atoms with E-state index in [0.29, 0.717) is 5.11 Å². The number of benzene rings is 3. The van der Waals surface area contributed by atoms with Crippen LogP contribution in [0.4, 0.5) is 5.69 Å². The molecule has 3 aromatic carbocycles. The molecule has 2 aromatic heterocycles. The molecular weight excluding hydrogens is 424 g/mol. The van der Waals surface area contributed by atoms with Crippen molar-refractivity contribution in [3.05, 3.63) is 127 Å². The third kappa shape index (κ3) is 3.47. The van der Waals surface area contributed by atoms with Gasteiger partial charge in [0.25, 0.3) is 0 Å². The number of para-hydroxylation sites is 1.